The zero-order valence-corrected chi connectivity index (χ0v) is 12.1. The van der Waals surface area contributed by atoms with E-state index in [9.17, 15) is 4.79 Å². The third-order valence-electron chi connectivity index (χ3n) is 3.18. The van der Waals surface area contributed by atoms with Gasteiger partial charge in [-0.25, -0.2) is 0 Å². The summed E-state index contributed by atoms with van der Waals surface area (Å²) in [5.74, 6) is 0.299. The number of benzene rings is 1. The second-order valence-corrected chi connectivity index (χ2v) is 4.86. The molecule has 1 aromatic rings. The molecule has 0 spiro atoms. The van der Waals surface area contributed by atoms with Gasteiger partial charge in [-0.3, -0.25) is 4.79 Å². The minimum absolute atomic E-state index is 0.0419. The summed E-state index contributed by atoms with van der Waals surface area (Å²) in [7, 11) is 1.33. The van der Waals surface area contributed by atoms with Gasteiger partial charge in [0, 0.05) is 0 Å². The molecule has 116 valence electrons. The Kier molecular flexibility index (Phi) is 5.98. The molecular weight excluding hydrogens is 274 g/mol. The number of hydrogen-bond donors (Lipinski definition) is 1. The number of carbonyl (C=O) groups excluding carboxylic acids is 1. The van der Waals surface area contributed by atoms with Gasteiger partial charge in [-0.05, 0) is 24.1 Å². The van der Waals surface area contributed by atoms with E-state index in [4.69, 9.17) is 19.9 Å². The largest absolute Gasteiger partial charge is 0.491 e. The molecule has 0 saturated carbocycles. The molecule has 21 heavy (non-hydrogen) atoms. The first-order valence-corrected chi connectivity index (χ1v) is 6.93. The molecule has 1 aromatic carbocycles. The van der Waals surface area contributed by atoms with Crippen molar-refractivity contribution in [3.8, 4) is 5.75 Å². The quantitative estimate of drug-likeness (QED) is 0.771. The summed E-state index contributed by atoms with van der Waals surface area (Å²) < 4.78 is 21.1. The lowest BCUT2D eigenvalue weighted by molar-refractivity contribution is -0.142. The van der Waals surface area contributed by atoms with Crippen LogP contribution in [-0.4, -0.2) is 51.7 Å². The van der Waals surface area contributed by atoms with Gasteiger partial charge < -0.3 is 24.7 Å². The Morgan fingerprint density at radius 1 is 1.48 bits per heavy atom. The third kappa shape index (κ3) is 5.00. The van der Waals surface area contributed by atoms with Crippen molar-refractivity contribution < 1.29 is 23.7 Å². The molecule has 2 atom stereocenters. The summed E-state index contributed by atoms with van der Waals surface area (Å²) in [4.78, 5) is 11.3. The molecule has 1 aliphatic rings. The lowest BCUT2D eigenvalue weighted by Gasteiger charge is -2.23. The van der Waals surface area contributed by atoms with Crippen molar-refractivity contribution in [2.45, 2.75) is 18.6 Å². The van der Waals surface area contributed by atoms with E-state index in [0.717, 1.165) is 11.3 Å². The lowest BCUT2D eigenvalue weighted by atomic mass is 10.1. The maximum absolute atomic E-state index is 11.3. The molecule has 1 saturated heterocycles. The van der Waals surface area contributed by atoms with Crippen molar-refractivity contribution in [1.82, 2.24) is 0 Å². The fourth-order valence-electron chi connectivity index (χ4n) is 2.07. The Labute approximate surface area is 124 Å². The number of esters is 1. The normalized spacial score (nSPS) is 19.8. The van der Waals surface area contributed by atoms with E-state index >= 15 is 0 Å². The van der Waals surface area contributed by atoms with E-state index in [0.29, 0.717) is 32.8 Å². The number of methoxy groups -OCH3 is 1. The average Bonchev–Trinajstić information content (AvgIpc) is 2.53. The lowest BCUT2D eigenvalue weighted by Crippen LogP contribution is -2.34. The number of rotatable bonds is 6. The van der Waals surface area contributed by atoms with Crippen molar-refractivity contribution in [2.24, 2.45) is 5.73 Å². The highest BCUT2D eigenvalue weighted by molar-refractivity contribution is 5.75. The molecule has 1 aliphatic heterocycles. The highest BCUT2D eigenvalue weighted by Gasteiger charge is 2.16. The summed E-state index contributed by atoms with van der Waals surface area (Å²) >= 11 is 0. The molecule has 0 bridgehead atoms. The first kappa shape index (κ1) is 15.8. The monoisotopic (exact) mass is 295 g/mol. The Hall–Kier alpha value is -1.63. The van der Waals surface area contributed by atoms with E-state index in [2.05, 4.69) is 4.74 Å². The first-order chi connectivity index (χ1) is 10.2. The molecular formula is C15H21NO5. The molecule has 0 aliphatic carbocycles. The summed E-state index contributed by atoms with van der Waals surface area (Å²) in [6, 6.07) is 6.83. The van der Waals surface area contributed by atoms with Gasteiger partial charge in [0.2, 0.25) is 0 Å². The van der Waals surface area contributed by atoms with E-state index in [1.807, 2.05) is 24.3 Å². The van der Waals surface area contributed by atoms with Crippen LogP contribution >= 0.6 is 0 Å². The fraction of sp³-hybridized carbons (Fsp3) is 0.533. The summed E-state index contributed by atoms with van der Waals surface area (Å²) in [6.45, 7) is 2.22. The number of carbonyl (C=O) groups is 1. The Bertz CT molecular complexity index is 459. The van der Waals surface area contributed by atoms with Gasteiger partial charge in [0.25, 0.3) is 0 Å². The Morgan fingerprint density at radius 2 is 2.33 bits per heavy atom. The van der Waals surface area contributed by atoms with Crippen LogP contribution in [0.2, 0.25) is 0 Å². The number of nitrogens with two attached hydrogens (primary N) is 1. The van der Waals surface area contributed by atoms with Gasteiger partial charge in [-0.15, -0.1) is 0 Å². The van der Waals surface area contributed by atoms with Crippen LogP contribution in [0.4, 0.5) is 0 Å². The molecule has 2 N–H and O–H groups in total. The van der Waals surface area contributed by atoms with Gasteiger partial charge in [-0.2, -0.15) is 0 Å². The van der Waals surface area contributed by atoms with E-state index in [1.54, 1.807) is 0 Å². The molecule has 1 unspecified atom stereocenters. The van der Waals surface area contributed by atoms with Crippen molar-refractivity contribution in [2.75, 3.05) is 33.5 Å². The molecule has 0 aromatic heterocycles. The van der Waals surface area contributed by atoms with E-state index in [1.165, 1.54) is 7.11 Å². The smallest absolute Gasteiger partial charge is 0.322 e. The molecule has 6 heteroatoms. The van der Waals surface area contributed by atoms with Gasteiger partial charge in [-0.1, -0.05) is 12.1 Å². The number of ether oxygens (including phenoxy) is 4. The highest BCUT2D eigenvalue weighted by Crippen LogP contribution is 2.16. The minimum Gasteiger partial charge on any atom is -0.491 e. The van der Waals surface area contributed by atoms with Crippen LogP contribution in [0.1, 0.15) is 5.56 Å². The standard InChI is InChI=1S/C15H21NO5/c1-18-15(17)14(16)8-11-3-2-4-12(7-11)21-10-13-9-19-5-6-20-13/h2-4,7,13-14H,5-6,8-10,16H2,1H3/t13-,14?/m1/s1. The average molecular weight is 295 g/mol. The number of hydrogen-bond acceptors (Lipinski definition) is 6. The van der Waals surface area contributed by atoms with Crippen LogP contribution in [0.5, 0.6) is 5.75 Å². The Balaban J connectivity index is 1.86. The van der Waals surface area contributed by atoms with Gasteiger partial charge >= 0.3 is 5.97 Å². The summed E-state index contributed by atoms with van der Waals surface area (Å²) in [5.41, 5.74) is 6.67. The van der Waals surface area contributed by atoms with Crippen molar-refractivity contribution >= 4 is 5.97 Å². The predicted molar refractivity (Wildman–Crippen MR) is 76.2 cm³/mol. The SMILES string of the molecule is COC(=O)C(N)Cc1cccc(OC[C@H]2COCCO2)c1. The maximum atomic E-state index is 11.3. The van der Waals surface area contributed by atoms with Crippen LogP contribution in [0.3, 0.4) is 0 Å². The Morgan fingerprint density at radius 3 is 3.05 bits per heavy atom. The molecule has 2 rings (SSSR count). The maximum Gasteiger partial charge on any atom is 0.322 e. The van der Waals surface area contributed by atoms with Crippen LogP contribution in [-0.2, 0) is 25.4 Å². The minimum atomic E-state index is -0.666. The van der Waals surface area contributed by atoms with Gasteiger partial charge in [0.15, 0.2) is 0 Å². The molecule has 0 amide bonds. The highest BCUT2D eigenvalue weighted by atomic mass is 16.6. The summed E-state index contributed by atoms with van der Waals surface area (Å²) in [6.07, 6.45) is 0.368. The van der Waals surface area contributed by atoms with Crippen LogP contribution in [0, 0.1) is 0 Å². The first-order valence-electron chi connectivity index (χ1n) is 6.93. The van der Waals surface area contributed by atoms with Crippen molar-refractivity contribution in [3.05, 3.63) is 29.8 Å². The van der Waals surface area contributed by atoms with Crippen LogP contribution < -0.4 is 10.5 Å². The van der Waals surface area contributed by atoms with Crippen molar-refractivity contribution in [1.29, 1.82) is 0 Å². The fourth-order valence-corrected chi connectivity index (χ4v) is 2.07. The van der Waals surface area contributed by atoms with Gasteiger partial charge in [0.05, 0.1) is 26.9 Å². The van der Waals surface area contributed by atoms with E-state index < -0.39 is 12.0 Å². The zero-order valence-electron chi connectivity index (χ0n) is 12.1. The molecule has 0 radical (unpaired) electrons. The molecule has 1 fully saturated rings. The van der Waals surface area contributed by atoms with E-state index in [-0.39, 0.29) is 6.10 Å². The van der Waals surface area contributed by atoms with Crippen LogP contribution in [0.25, 0.3) is 0 Å². The van der Waals surface area contributed by atoms with Crippen LogP contribution in [0.15, 0.2) is 24.3 Å². The summed E-state index contributed by atoms with van der Waals surface area (Å²) in [5, 5.41) is 0. The second-order valence-electron chi connectivity index (χ2n) is 4.86. The molecule has 1 heterocycles. The van der Waals surface area contributed by atoms with Crippen molar-refractivity contribution in [3.63, 3.8) is 0 Å². The zero-order chi connectivity index (χ0) is 15.1. The predicted octanol–water partition coefficient (Wildman–Crippen LogP) is 0.524. The second kappa shape index (κ2) is 7.97. The topological polar surface area (TPSA) is 80.0 Å². The van der Waals surface area contributed by atoms with Gasteiger partial charge in [0.1, 0.15) is 24.5 Å². The molecule has 6 nitrogen and oxygen atoms in total. The third-order valence-corrected chi connectivity index (χ3v) is 3.18.